The summed E-state index contributed by atoms with van der Waals surface area (Å²) in [6.45, 7) is 7.74. The number of hydrogen-bond donors (Lipinski definition) is 0. The van der Waals surface area contributed by atoms with E-state index in [2.05, 4.69) is 16.0 Å². The Balaban J connectivity index is 1.81. The van der Waals surface area contributed by atoms with Crippen molar-refractivity contribution in [2.75, 3.05) is 45.2 Å². The van der Waals surface area contributed by atoms with Gasteiger partial charge >= 0.3 is 6.09 Å². The number of rotatable bonds is 2. The average Bonchev–Trinajstić information content (AvgIpc) is 2.63. The quantitative estimate of drug-likeness (QED) is 0.575. The number of carbonyl (C=O) groups is 1. The van der Waals surface area contributed by atoms with Crippen molar-refractivity contribution < 1.29 is 14.3 Å². The third-order valence-electron chi connectivity index (χ3n) is 4.52. The summed E-state index contributed by atoms with van der Waals surface area (Å²) in [6, 6.07) is 6.03. The number of fused-ring (bicyclic) bond motifs is 3. The number of nitriles is 1. The van der Waals surface area contributed by atoms with E-state index in [1.165, 1.54) is 0 Å². The van der Waals surface area contributed by atoms with Crippen LogP contribution in [-0.4, -0.2) is 74.2 Å². The highest BCUT2D eigenvalue weighted by molar-refractivity contribution is 5.77. The molecule has 3 rings (SSSR count). The van der Waals surface area contributed by atoms with E-state index >= 15 is 0 Å². The molecule has 1 fully saturated rings. The van der Waals surface area contributed by atoms with Crippen molar-refractivity contribution in [3.63, 3.8) is 0 Å². The minimum atomic E-state index is -0.519. The van der Waals surface area contributed by atoms with Gasteiger partial charge in [0.2, 0.25) is 0 Å². The van der Waals surface area contributed by atoms with Crippen molar-refractivity contribution in [1.29, 1.82) is 5.26 Å². The minimum Gasteiger partial charge on any atom is -0.488 e. The Kier molecular flexibility index (Phi) is 5.36. The zero-order valence-electron chi connectivity index (χ0n) is 17.1. The first-order chi connectivity index (χ1) is 13.2. The molecule has 150 valence electrons. The van der Waals surface area contributed by atoms with E-state index in [0.717, 1.165) is 5.69 Å². The number of amides is 1. The molecule has 2 aliphatic rings. The normalized spacial score (nSPS) is 18.8. The fourth-order valence-electron chi connectivity index (χ4n) is 3.31. The van der Waals surface area contributed by atoms with Crippen molar-refractivity contribution in [2.24, 2.45) is 4.99 Å². The number of ether oxygens (including phenoxy) is 2. The molecule has 0 aliphatic carbocycles. The van der Waals surface area contributed by atoms with Gasteiger partial charge in [0.05, 0.1) is 23.8 Å². The molecule has 0 aromatic heterocycles. The predicted octanol–water partition coefficient (Wildman–Crippen LogP) is 2.60. The first kappa shape index (κ1) is 19.8. The van der Waals surface area contributed by atoms with Crippen molar-refractivity contribution in [2.45, 2.75) is 32.4 Å². The molecule has 28 heavy (non-hydrogen) atoms. The number of hydrogen-bond acceptors (Lipinski definition) is 6. The molecule has 0 radical (unpaired) electrons. The maximum absolute atomic E-state index is 12.4. The van der Waals surface area contributed by atoms with Crippen LogP contribution in [0.4, 0.5) is 16.2 Å². The Labute approximate surface area is 165 Å². The number of anilines is 1. The molecule has 1 aromatic carbocycles. The van der Waals surface area contributed by atoms with Crippen molar-refractivity contribution in [3.8, 4) is 11.8 Å². The highest BCUT2D eigenvalue weighted by Crippen LogP contribution is 2.41. The highest BCUT2D eigenvalue weighted by Gasteiger charge is 2.37. The fraction of sp³-hybridized carbons (Fsp3) is 0.550. The molecule has 0 spiro atoms. The van der Waals surface area contributed by atoms with Gasteiger partial charge in [0.1, 0.15) is 23.8 Å². The Morgan fingerprint density at radius 3 is 2.79 bits per heavy atom. The topological polar surface area (TPSA) is 81.4 Å². The summed E-state index contributed by atoms with van der Waals surface area (Å²) in [7, 11) is 3.75. The average molecular weight is 385 g/mol. The molecule has 0 N–H and O–H groups in total. The number of aliphatic imine (C=N–C) groups is 1. The molecular formula is C20H27N5O3. The first-order valence-corrected chi connectivity index (χ1v) is 9.34. The fourth-order valence-corrected chi connectivity index (χ4v) is 3.31. The lowest BCUT2D eigenvalue weighted by atomic mass is 10.0. The van der Waals surface area contributed by atoms with Crippen molar-refractivity contribution in [1.82, 2.24) is 9.80 Å². The maximum Gasteiger partial charge on any atom is 0.410 e. The molecule has 1 amide bonds. The Morgan fingerprint density at radius 1 is 1.39 bits per heavy atom. The van der Waals surface area contributed by atoms with Gasteiger partial charge in [-0.1, -0.05) is 0 Å². The summed E-state index contributed by atoms with van der Waals surface area (Å²) in [5.74, 6) is 0.567. The van der Waals surface area contributed by atoms with Crippen LogP contribution in [0.15, 0.2) is 17.1 Å². The first-order valence-electron chi connectivity index (χ1n) is 9.34. The van der Waals surface area contributed by atoms with E-state index in [-0.39, 0.29) is 12.1 Å². The Hall–Kier alpha value is -2.95. The zero-order valence-corrected chi connectivity index (χ0v) is 17.1. The van der Waals surface area contributed by atoms with E-state index < -0.39 is 5.60 Å². The van der Waals surface area contributed by atoms with Gasteiger partial charge in [-0.05, 0) is 32.9 Å². The number of carbonyl (C=O) groups excluding carboxylic acids is 1. The van der Waals surface area contributed by atoms with E-state index in [1.807, 2.05) is 51.9 Å². The molecule has 8 nitrogen and oxygen atoms in total. The predicted molar refractivity (Wildman–Crippen MR) is 107 cm³/mol. The largest absolute Gasteiger partial charge is 0.488 e. The molecule has 2 heterocycles. The highest BCUT2D eigenvalue weighted by atomic mass is 16.6. The minimum absolute atomic E-state index is 0.0245. The van der Waals surface area contributed by atoms with Gasteiger partial charge in [-0.3, -0.25) is 0 Å². The molecule has 0 saturated carbocycles. The second kappa shape index (κ2) is 7.58. The molecule has 0 bridgehead atoms. The second-order valence-corrected chi connectivity index (χ2v) is 8.21. The Bertz CT molecular complexity index is 822. The molecule has 1 saturated heterocycles. The summed E-state index contributed by atoms with van der Waals surface area (Å²) in [5, 5.41) is 9.65. The van der Waals surface area contributed by atoms with Crippen LogP contribution >= 0.6 is 0 Å². The van der Waals surface area contributed by atoms with Gasteiger partial charge in [-0.25, -0.2) is 9.79 Å². The summed E-state index contributed by atoms with van der Waals surface area (Å²) < 4.78 is 11.5. The third kappa shape index (κ3) is 4.14. The van der Waals surface area contributed by atoms with Crippen LogP contribution in [0.5, 0.6) is 5.75 Å². The lowest BCUT2D eigenvalue weighted by Gasteiger charge is -2.45. The van der Waals surface area contributed by atoms with Crippen LogP contribution in [-0.2, 0) is 4.74 Å². The monoisotopic (exact) mass is 385 g/mol. The molecule has 1 unspecified atom stereocenters. The summed E-state index contributed by atoms with van der Waals surface area (Å²) in [6.07, 6.45) is 1.36. The smallest absolute Gasteiger partial charge is 0.410 e. The molecular weight excluding hydrogens is 358 g/mol. The van der Waals surface area contributed by atoms with Crippen LogP contribution in [0.2, 0.25) is 0 Å². The van der Waals surface area contributed by atoms with Crippen molar-refractivity contribution in [3.05, 3.63) is 17.7 Å². The van der Waals surface area contributed by atoms with Crippen LogP contribution in [0.3, 0.4) is 0 Å². The standard InChI is InChI=1S/C20H27N5O3/c1-20(2,3)28-19(26)24-8-9-25-14(11-24)12-27-18-15(10-21)16(6-7-17(18)25)22-13-23(4)5/h6-7,13-14H,8-9,11-12H2,1-5H3. The van der Waals surface area contributed by atoms with Crippen LogP contribution in [0.1, 0.15) is 26.3 Å². The van der Waals surface area contributed by atoms with Gasteiger partial charge in [0, 0.05) is 33.7 Å². The van der Waals surface area contributed by atoms with Gasteiger partial charge in [0.25, 0.3) is 0 Å². The summed E-state index contributed by atoms with van der Waals surface area (Å²) in [4.78, 5) is 22.5. The molecule has 1 aromatic rings. The van der Waals surface area contributed by atoms with E-state index in [0.29, 0.717) is 43.2 Å². The van der Waals surface area contributed by atoms with Gasteiger partial charge in [-0.15, -0.1) is 0 Å². The molecule has 1 atom stereocenters. The lowest BCUT2D eigenvalue weighted by Crippen LogP contribution is -2.59. The van der Waals surface area contributed by atoms with E-state index in [4.69, 9.17) is 9.47 Å². The zero-order chi connectivity index (χ0) is 20.5. The van der Waals surface area contributed by atoms with Gasteiger partial charge in [0.15, 0.2) is 5.75 Å². The summed E-state index contributed by atoms with van der Waals surface area (Å²) in [5.41, 5.74) is 1.37. The Morgan fingerprint density at radius 2 is 2.14 bits per heavy atom. The maximum atomic E-state index is 12.4. The second-order valence-electron chi connectivity index (χ2n) is 8.21. The van der Waals surface area contributed by atoms with E-state index in [1.54, 1.807) is 11.2 Å². The number of benzene rings is 1. The SMILES string of the molecule is CN(C)C=Nc1ccc2c(c1C#N)OCC1CN(C(=O)OC(C)(C)C)CCN21. The third-order valence-corrected chi connectivity index (χ3v) is 4.52. The number of piperazine rings is 1. The summed E-state index contributed by atoms with van der Waals surface area (Å²) >= 11 is 0. The van der Waals surface area contributed by atoms with Crippen molar-refractivity contribution >= 4 is 23.8 Å². The van der Waals surface area contributed by atoms with Gasteiger partial charge < -0.3 is 24.2 Å². The lowest BCUT2D eigenvalue weighted by molar-refractivity contribution is 0.0195. The molecule has 8 heteroatoms. The number of nitrogens with zero attached hydrogens (tertiary/aromatic N) is 5. The van der Waals surface area contributed by atoms with Crippen LogP contribution in [0, 0.1) is 11.3 Å². The van der Waals surface area contributed by atoms with Crippen LogP contribution in [0.25, 0.3) is 0 Å². The van der Waals surface area contributed by atoms with Gasteiger partial charge in [-0.2, -0.15) is 5.26 Å². The van der Waals surface area contributed by atoms with Crippen LogP contribution < -0.4 is 9.64 Å². The van der Waals surface area contributed by atoms with E-state index in [9.17, 15) is 10.1 Å². The molecule has 2 aliphatic heterocycles.